The van der Waals surface area contributed by atoms with Gasteiger partial charge in [0, 0.05) is 6.54 Å². The zero-order valence-corrected chi connectivity index (χ0v) is 13.6. The molecule has 1 atom stereocenters. The first kappa shape index (κ1) is 15.6. The van der Waals surface area contributed by atoms with Gasteiger partial charge < -0.3 is 4.74 Å². The first-order chi connectivity index (χ1) is 11.1. The topological polar surface area (TPSA) is 53.2 Å². The van der Waals surface area contributed by atoms with E-state index in [0.29, 0.717) is 5.92 Å². The average Bonchev–Trinajstić information content (AvgIpc) is 2.70. The number of para-hydroxylation sites is 1. The predicted octanol–water partition coefficient (Wildman–Crippen LogP) is 2.79. The standard InChI is InChI=1S/C18H22N2O3/c1-3-23-18(22)16-15-10-9-13(2)11-12-19(15)20(17(16)21)14-7-5-4-6-8-14/h4-8,13H,3,9-12H2,1-2H3. The van der Waals surface area contributed by atoms with E-state index >= 15 is 0 Å². The lowest BCUT2D eigenvalue weighted by Gasteiger charge is -2.13. The Kier molecular flexibility index (Phi) is 4.37. The van der Waals surface area contributed by atoms with Crippen LogP contribution in [0.4, 0.5) is 0 Å². The van der Waals surface area contributed by atoms with Gasteiger partial charge in [-0.05, 0) is 44.2 Å². The number of aromatic nitrogens is 2. The van der Waals surface area contributed by atoms with E-state index in [-0.39, 0.29) is 17.7 Å². The lowest BCUT2D eigenvalue weighted by Crippen LogP contribution is -2.24. The molecule has 0 N–H and O–H groups in total. The van der Waals surface area contributed by atoms with Crippen molar-refractivity contribution in [3.8, 4) is 5.69 Å². The normalized spacial score (nSPS) is 17.4. The number of esters is 1. The van der Waals surface area contributed by atoms with Crippen molar-refractivity contribution in [2.24, 2.45) is 5.92 Å². The summed E-state index contributed by atoms with van der Waals surface area (Å²) in [6.45, 7) is 4.97. The van der Waals surface area contributed by atoms with Crippen LogP contribution in [0.1, 0.15) is 42.7 Å². The number of carbonyl (C=O) groups excluding carboxylic acids is 1. The third-order valence-corrected chi connectivity index (χ3v) is 4.44. The minimum absolute atomic E-state index is 0.199. The zero-order chi connectivity index (χ0) is 16.4. The molecule has 1 unspecified atom stereocenters. The summed E-state index contributed by atoms with van der Waals surface area (Å²) in [5, 5.41) is 0. The molecule has 2 aromatic rings. The summed E-state index contributed by atoms with van der Waals surface area (Å²) in [6.07, 6.45) is 2.70. The molecule has 0 saturated carbocycles. The fraction of sp³-hybridized carbons (Fsp3) is 0.444. The third kappa shape index (κ3) is 2.83. The molecule has 0 fully saturated rings. The van der Waals surface area contributed by atoms with E-state index < -0.39 is 5.97 Å². The van der Waals surface area contributed by atoms with E-state index in [2.05, 4.69) is 6.92 Å². The van der Waals surface area contributed by atoms with Crippen molar-refractivity contribution in [2.75, 3.05) is 6.61 Å². The van der Waals surface area contributed by atoms with Crippen molar-refractivity contribution in [1.29, 1.82) is 0 Å². The Bertz CT molecular complexity index is 759. The molecular weight excluding hydrogens is 292 g/mol. The molecule has 5 heteroatoms. The van der Waals surface area contributed by atoms with Crippen LogP contribution in [0.15, 0.2) is 35.1 Å². The number of nitrogens with zero attached hydrogens (tertiary/aromatic N) is 2. The van der Waals surface area contributed by atoms with Gasteiger partial charge in [-0.2, -0.15) is 0 Å². The number of hydrogen-bond acceptors (Lipinski definition) is 3. The van der Waals surface area contributed by atoms with Crippen LogP contribution in [0.3, 0.4) is 0 Å². The van der Waals surface area contributed by atoms with Crippen molar-refractivity contribution >= 4 is 5.97 Å². The molecule has 0 aliphatic carbocycles. The van der Waals surface area contributed by atoms with E-state index in [1.165, 1.54) is 0 Å². The molecule has 5 nitrogen and oxygen atoms in total. The summed E-state index contributed by atoms with van der Waals surface area (Å²) in [7, 11) is 0. The second-order valence-corrected chi connectivity index (χ2v) is 6.05. The second kappa shape index (κ2) is 6.44. The van der Waals surface area contributed by atoms with E-state index in [1.807, 2.05) is 35.0 Å². The van der Waals surface area contributed by atoms with Crippen LogP contribution in [0.25, 0.3) is 5.69 Å². The quantitative estimate of drug-likeness (QED) is 0.819. The molecule has 1 aliphatic heterocycles. The summed E-state index contributed by atoms with van der Waals surface area (Å²) in [6, 6.07) is 9.47. The number of fused-ring (bicyclic) bond motifs is 1. The zero-order valence-electron chi connectivity index (χ0n) is 13.6. The third-order valence-electron chi connectivity index (χ3n) is 4.44. The Balaban J connectivity index is 2.21. The highest BCUT2D eigenvalue weighted by Gasteiger charge is 2.28. The van der Waals surface area contributed by atoms with Crippen LogP contribution in [-0.2, 0) is 17.7 Å². The molecular formula is C18H22N2O3. The summed E-state index contributed by atoms with van der Waals surface area (Å²) in [5.74, 6) is 0.0646. The highest BCUT2D eigenvalue weighted by Crippen LogP contribution is 2.23. The predicted molar refractivity (Wildman–Crippen MR) is 88.1 cm³/mol. The van der Waals surface area contributed by atoms with Gasteiger partial charge in [0.15, 0.2) is 0 Å². The molecule has 2 heterocycles. The van der Waals surface area contributed by atoms with Crippen molar-refractivity contribution in [2.45, 2.75) is 39.7 Å². The molecule has 1 aromatic heterocycles. The molecule has 23 heavy (non-hydrogen) atoms. The summed E-state index contributed by atoms with van der Waals surface area (Å²) in [5.41, 5.74) is 1.51. The van der Waals surface area contributed by atoms with Crippen molar-refractivity contribution < 1.29 is 9.53 Å². The summed E-state index contributed by atoms with van der Waals surface area (Å²) >= 11 is 0. The van der Waals surface area contributed by atoms with Gasteiger partial charge in [0.1, 0.15) is 5.56 Å². The number of ether oxygens (including phenoxy) is 1. The molecule has 1 aliphatic rings. The van der Waals surface area contributed by atoms with Gasteiger partial charge in [-0.25, -0.2) is 9.48 Å². The number of carbonyl (C=O) groups is 1. The fourth-order valence-electron chi connectivity index (χ4n) is 3.18. The molecule has 0 spiro atoms. The van der Waals surface area contributed by atoms with E-state index in [9.17, 15) is 9.59 Å². The Morgan fingerprint density at radius 1 is 1.26 bits per heavy atom. The fourth-order valence-corrected chi connectivity index (χ4v) is 3.18. The van der Waals surface area contributed by atoms with Gasteiger partial charge in [0.2, 0.25) is 0 Å². The second-order valence-electron chi connectivity index (χ2n) is 6.05. The van der Waals surface area contributed by atoms with Crippen LogP contribution in [-0.4, -0.2) is 21.9 Å². The van der Waals surface area contributed by atoms with Crippen LogP contribution in [0, 0.1) is 5.92 Å². The minimum atomic E-state index is -0.509. The SMILES string of the molecule is CCOC(=O)c1c2n(n(-c3ccccc3)c1=O)CCC(C)CC2. The Labute approximate surface area is 135 Å². The van der Waals surface area contributed by atoms with Gasteiger partial charge in [-0.1, -0.05) is 25.1 Å². The van der Waals surface area contributed by atoms with Gasteiger partial charge in [0.25, 0.3) is 5.56 Å². The van der Waals surface area contributed by atoms with Crippen molar-refractivity contribution in [1.82, 2.24) is 9.36 Å². The highest BCUT2D eigenvalue weighted by molar-refractivity contribution is 5.90. The Hall–Kier alpha value is -2.30. The van der Waals surface area contributed by atoms with Gasteiger partial charge >= 0.3 is 5.97 Å². The summed E-state index contributed by atoms with van der Waals surface area (Å²) in [4.78, 5) is 25.2. The number of rotatable bonds is 3. The maximum Gasteiger partial charge on any atom is 0.345 e. The van der Waals surface area contributed by atoms with Gasteiger partial charge in [0.05, 0.1) is 18.0 Å². The summed E-state index contributed by atoms with van der Waals surface area (Å²) < 4.78 is 8.72. The monoisotopic (exact) mass is 314 g/mol. The molecule has 0 radical (unpaired) electrons. The highest BCUT2D eigenvalue weighted by atomic mass is 16.5. The van der Waals surface area contributed by atoms with E-state index in [1.54, 1.807) is 11.6 Å². The largest absolute Gasteiger partial charge is 0.462 e. The number of hydrogen-bond donors (Lipinski definition) is 0. The maximum absolute atomic E-state index is 12.9. The van der Waals surface area contributed by atoms with Crippen LogP contribution < -0.4 is 5.56 Å². The molecule has 0 amide bonds. The number of benzene rings is 1. The van der Waals surface area contributed by atoms with Crippen LogP contribution >= 0.6 is 0 Å². The first-order valence-electron chi connectivity index (χ1n) is 8.20. The van der Waals surface area contributed by atoms with Crippen LogP contribution in [0.2, 0.25) is 0 Å². The van der Waals surface area contributed by atoms with E-state index in [0.717, 1.165) is 37.2 Å². The maximum atomic E-state index is 12.9. The van der Waals surface area contributed by atoms with Gasteiger partial charge in [-0.15, -0.1) is 0 Å². The minimum Gasteiger partial charge on any atom is -0.462 e. The molecule has 0 saturated heterocycles. The van der Waals surface area contributed by atoms with Crippen molar-refractivity contribution in [3.63, 3.8) is 0 Å². The first-order valence-corrected chi connectivity index (χ1v) is 8.20. The molecule has 122 valence electrons. The van der Waals surface area contributed by atoms with Crippen molar-refractivity contribution in [3.05, 3.63) is 51.9 Å². The molecule has 0 bridgehead atoms. The van der Waals surface area contributed by atoms with E-state index in [4.69, 9.17) is 4.74 Å². The smallest absolute Gasteiger partial charge is 0.345 e. The lowest BCUT2D eigenvalue weighted by atomic mass is 10.0. The van der Waals surface area contributed by atoms with Gasteiger partial charge in [-0.3, -0.25) is 9.48 Å². The average molecular weight is 314 g/mol. The lowest BCUT2D eigenvalue weighted by molar-refractivity contribution is 0.0523. The Morgan fingerprint density at radius 3 is 2.70 bits per heavy atom. The molecule has 1 aromatic carbocycles. The molecule has 3 rings (SSSR count). The Morgan fingerprint density at radius 2 is 2.00 bits per heavy atom. The van der Waals surface area contributed by atoms with Crippen LogP contribution in [0.5, 0.6) is 0 Å².